The number of halogens is 1. The minimum Gasteiger partial charge on any atom is -0.367 e. The van der Waals surface area contributed by atoms with Crippen LogP contribution < -0.4 is 5.32 Å². The second-order valence-electron chi connectivity index (χ2n) is 6.07. The van der Waals surface area contributed by atoms with Crippen LogP contribution in [0.2, 0.25) is 5.15 Å². The highest BCUT2D eigenvalue weighted by Crippen LogP contribution is 2.32. The van der Waals surface area contributed by atoms with Gasteiger partial charge < -0.3 is 5.32 Å². The van der Waals surface area contributed by atoms with Gasteiger partial charge in [0.05, 0.1) is 0 Å². The Morgan fingerprint density at radius 2 is 1.87 bits per heavy atom. The molecule has 118 valence electrons. The molecule has 3 aromatic rings. The van der Waals surface area contributed by atoms with Crippen molar-refractivity contribution >= 4 is 23.1 Å². The van der Waals surface area contributed by atoms with Gasteiger partial charge in [-0.15, -0.1) is 0 Å². The van der Waals surface area contributed by atoms with Crippen LogP contribution in [0.15, 0.2) is 42.7 Å². The highest BCUT2D eigenvalue weighted by atomic mass is 35.5. The van der Waals surface area contributed by atoms with E-state index in [0.29, 0.717) is 16.8 Å². The molecule has 0 radical (unpaired) electrons. The van der Waals surface area contributed by atoms with Gasteiger partial charge >= 0.3 is 0 Å². The predicted octanol–water partition coefficient (Wildman–Crippen LogP) is 4.79. The summed E-state index contributed by atoms with van der Waals surface area (Å²) in [6.07, 6.45) is 9.98. The lowest BCUT2D eigenvalue weighted by Crippen LogP contribution is -2.23. The molecule has 0 unspecified atom stereocenters. The first-order chi connectivity index (χ1) is 11.3. The van der Waals surface area contributed by atoms with Gasteiger partial charge in [0, 0.05) is 24.0 Å². The summed E-state index contributed by atoms with van der Waals surface area (Å²) in [7, 11) is 0. The van der Waals surface area contributed by atoms with E-state index in [0.717, 1.165) is 17.1 Å². The summed E-state index contributed by atoms with van der Waals surface area (Å²) in [5, 5.41) is 4.14. The molecule has 4 rings (SSSR count). The molecule has 0 spiro atoms. The molecule has 1 fully saturated rings. The van der Waals surface area contributed by atoms with E-state index >= 15 is 0 Å². The van der Waals surface area contributed by atoms with E-state index in [1.54, 1.807) is 6.20 Å². The zero-order chi connectivity index (χ0) is 15.6. The second-order valence-corrected chi connectivity index (χ2v) is 6.42. The Hall–Kier alpha value is -2.07. The van der Waals surface area contributed by atoms with E-state index in [1.165, 1.54) is 32.1 Å². The van der Waals surface area contributed by atoms with Crippen molar-refractivity contribution in [3.8, 4) is 11.3 Å². The maximum Gasteiger partial charge on any atom is 0.177 e. The Bertz CT molecular complexity index is 807. The fourth-order valence-corrected chi connectivity index (χ4v) is 3.51. The second kappa shape index (κ2) is 6.20. The molecule has 1 saturated carbocycles. The van der Waals surface area contributed by atoms with Gasteiger partial charge in [0.15, 0.2) is 10.8 Å². The monoisotopic (exact) mass is 326 g/mol. The molecule has 0 bridgehead atoms. The van der Waals surface area contributed by atoms with Crippen molar-refractivity contribution in [2.75, 3.05) is 5.32 Å². The van der Waals surface area contributed by atoms with E-state index in [9.17, 15) is 0 Å². The number of hydrogen-bond acceptors (Lipinski definition) is 3. The molecule has 1 aliphatic carbocycles. The van der Waals surface area contributed by atoms with Crippen LogP contribution in [0, 0.1) is 0 Å². The Balaban J connectivity index is 1.83. The van der Waals surface area contributed by atoms with Crippen LogP contribution in [-0.4, -0.2) is 20.4 Å². The van der Waals surface area contributed by atoms with Crippen LogP contribution in [0.25, 0.3) is 16.9 Å². The van der Waals surface area contributed by atoms with E-state index in [1.807, 2.05) is 28.8 Å². The average Bonchev–Trinajstić information content (AvgIpc) is 2.97. The lowest BCUT2D eigenvalue weighted by molar-refractivity contribution is 0.461. The molecular formula is C18H19ClN4. The third kappa shape index (κ3) is 2.79. The van der Waals surface area contributed by atoms with Crippen LogP contribution in [0.5, 0.6) is 0 Å². The minimum absolute atomic E-state index is 0.432. The molecule has 2 aromatic heterocycles. The molecular weight excluding hydrogens is 308 g/mol. The highest BCUT2D eigenvalue weighted by molar-refractivity contribution is 6.32. The van der Waals surface area contributed by atoms with E-state index in [4.69, 9.17) is 16.6 Å². The number of nitrogens with one attached hydrogen (secondary N) is 1. The van der Waals surface area contributed by atoms with Gasteiger partial charge in [-0.3, -0.25) is 4.40 Å². The van der Waals surface area contributed by atoms with Gasteiger partial charge in [-0.05, 0) is 12.8 Å². The normalized spacial score (nSPS) is 15.9. The molecule has 0 amide bonds. The van der Waals surface area contributed by atoms with Crippen molar-refractivity contribution in [2.24, 2.45) is 0 Å². The van der Waals surface area contributed by atoms with Gasteiger partial charge in [-0.2, -0.15) is 0 Å². The average molecular weight is 327 g/mol. The number of fused-ring (bicyclic) bond motifs is 1. The quantitative estimate of drug-likeness (QED) is 0.752. The van der Waals surface area contributed by atoms with Gasteiger partial charge in [0.25, 0.3) is 0 Å². The summed E-state index contributed by atoms with van der Waals surface area (Å²) < 4.78 is 2.02. The third-order valence-corrected chi connectivity index (χ3v) is 4.76. The molecule has 0 saturated heterocycles. The van der Waals surface area contributed by atoms with Crippen molar-refractivity contribution in [3.05, 3.63) is 47.9 Å². The third-order valence-electron chi connectivity index (χ3n) is 4.49. The van der Waals surface area contributed by atoms with Crippen LogP contribution in [0.4, 0.5) is 5.82 Å². The fourth-order valence-electron chi connectivity index (χ4n) is 3.32. The maximum absolute atomic E-state index is 6.25. The van der Waals surface area contributed by atoms with Crippen molar-refractivity contribution in [2.45, 2.75) is 38.1 Å². The summed E-state index contributed by atoms with van der Waals surface area (Å²) in [6, 6.07) is 10.7. The van der Waals surface area contributed by atoms with E-state index < -0.39 is 0 Å². The van der Waals surface area contributed by atoms with E-state index in [2.05, 4.69) is 22.4 Å². The Morgan fingerprint density at radius 3 is 2.65 bits per heavy atom. The van der Waals surface area contributed by atoms with Crippen LogP contribution in [0.3, 0.4) is 0 Å². The number of imidazole rings is 1. The Kier molecular flexibility index (Phi) is 3.92. The SMILES string of the molecule is Clc1nccn2c(NC3CCCCC3)c(-c3ccccc3)nc12. The fraction of sp³-hybridized carbons (Fsp3) is 0.333. The maximum atomic E-state index is 6.25. The molecule has 1 N–H and O–H groups in total. The Morgan fingerprint density at radius 1 is 1.09 bits per heavy atom. The first-order valence-corrected chi connectivity index (χ1v) is 8.55. The van der Waals surface area contributed by atoms with E-state index in [-0.39, 0.29) is 0 Å². The molecule has 4 nitrogen and oxygen atoms in total. The first kappa shape index (κ1) is 14.5. The summed E-state index contributed by atoms with van der Waals surface area (Å²) in [4.78, 5) is 8.91. The molecule has 0 atom stereocenters. The first-order valence-electron chi connectivity index (χ1n) is 8.17. The summed E-state index contributed by atoms with van der Waals surface area (Å²) in [5.41, 5.74) is 2.72. The summed E-state index contributed by atoms with van der Waals surface area (Å²) in [6.45, 7) is 0. The number of aromatic nitrogens is 3. The smallest absolute Gasteiger partial charge is 0.177 e. The number of rotatable bonds is 3. The number of benzene rings is 1. The lowest BCUT2D eigenvalue weighted by Gasteiger charge is -2.24. The standard InChI is InChI=1S/C18H19ClN4/c19-16-18-22-15(13-7-3-1-4-8-13)17(23(18)12-11-20-16)21-14-9-5-2-6-10-14/h1,3-4,7-8,11-12,14,21H,2,5-6,9-10H2. The van der Waals surface area contributed by atoms with Gasteiger partial charge in [0.1, 0.15) is 11.5 Å². The zero-order valence-electron chi connectivity index (χ0n) is 12.9. The van der Waals surface area contributed by atoms with Crippen molar-refractivity contribution < 1.29 is 0 Å². The minimum atomic E-state index is 0.432. The van der Waals surface area contributed by atoms with Crippen molar-refractivity contribution in [1.29, 1.82) is 0 Å². The number of hydrogen-bond donors (Lipinski definition) is 1. The number of nitrogens with zero attached hydrogens (tertiary/aromatic N) is 3. The van der Waals surface area contributed by atoms with Crippen LogP contribution >= 0.6 is 11.6 Å². The summed E-state index contributed by atoms with van der Waals surface area (Å²) >= 11 is 6.25. The van der Waals surface area contributed by atoms with Gasteiger partial charge in [0.2, 0.25) is 0 Å². The summed E-state index contributed by atoms with van der Waals surface area (Å²) in [5.74, 6) is 1.02. The highest BCUT2D eigenvalue weighted by Gasteiger charge is 2.20. The molecule has 2 heterocycles. The molecule has 1 aliphatic rings. The van der Waals surface area contributed by atoms with Gasteiger partial charge in [-0.25, -0.2) is 9.97 Å². The topological polar surface area (TPSA) is 42.2 Å². The van der Waals surface area contributed by atoms with Crippen molar-refractivity contribution in [1.82, 2.24) is 14.4 Å². The molecule has 1 aromatic carbocycles. The van der Waals surface area contributed by atoms with Crippen LogP contribution in [0.1, 0.15) is 32.1 Å². The zero-order valence-corrected chi connectivity index (χ0v) is 13.6. The largest absolute Gasteiger partial charge is 0.367 e. The Labute approximate surface area is 140 Å². The lowest BCUT2D eigenvalue weighted by atomic mass is 9.95. The van der Waals surface area contributed by atoms with Gasteiger partial charge in [-0.1, -0.05) is 61.2 Å². The molecule has 23 heavy (non-hydrogen) atoms. The molecule has 5 heteroatoms. The predicted molar refractivity (Wildman–Crippen MR) is 93.9 cm³/mol. The number of anilines is 1. The van der Waals surface area contributed by atoms with Crippen LogP contribution in [-0.2, 0) is 0 Å². The van der Waals surface area contributed by atoms with Crippen molar-refractivity contribution in [3.63, 3.8) is 0 Å². The molecule has 0 aliphatic heterocycles.